The van der Waals surface area contributed by atoms with Crippen LogP contribution in [0.4, 0.5) is 5.69 Å². The second kappa shape index (κ2) is 6.50. The van der Waals surface area contributed by atoms with Crippen molar-refractivity contribution in [3.8, 4) is 0 Å². The van der Waals surface area contributed by atoms with Gasteiger partial charge in [-0.25, -0.2) is 0 Å². The molecule has 0 aliphatic carbocycles. The smallest absolute Gasteiger partial charge is 0.126 e. The lowest BCUT2D eigenvalue weighted by atomic mass is 10.1. The SMILES string of the molecule is CSc1cccc(N(C)CC2CCN(C)C2)c1C(=N)N. The van der Waals surface area contributed by atoms with E-state index in [1.54, 1.807) is 11.8 Å². The van der Waals surface area contributed by atoms with Crippen molar-refractivity contribution in [2.45, 2.75) is 11.3 Å². The van der Waals surface area contributed by atoms with E-state index in [0.717, 1.165) is 29.2 Å². The molecule has 1 aliphatic rings. The normalized spacial score (nSPS) is 19.2. The first kappa shape index (κ1) is 15.2. The van der Waals surface area contributed by atoms with E-state index >= 15 is 0 Å². The maximum Gasteiger partial charge on any atom is 0.126 e. The van der Waals surface area contributed by atoms with Gasteiger partial charge in [0.15, 0.2) is 0 Å². The summed E-state index contributed by atoms with van der Waals surface area (Å²) < 4.78 is 0. The standard InChI is InChI=1S/C15H24N4S/c1-18-8-7-11(9-18)10-19(2)12-5-4-6-13(20-3)14(12)15(16)17/h4-6,11H,7-10H2,1-3H3,(H3,16,17). The maximum absolute atomic E-state index is 7.86. The number of nitrogens with zero attached hydrogens (tertiary/aromatic N) is 2. The average Bonchev–Trinajstić information content (AvgIpc) is 2.82. The Labute approximate surface area is 125 Å². The van der Waals surface area contributed by atoms with Gasteiger partial charge in [0, 0.05) is 30.7 Å². The van der Waals surface area contributed by atoms with E-state index in [-0.39, 0.29) is 5.84 Å². The number of thioether (sulfide) groups is 1. The largest absolute Gasteiger partial charge is 0.384 e. The Kier molecular flexibility index (Phi) is 4.94. The van der Waals surface area contributed by atoms with Crippen LogP contribution in [-0.2, 0) is 0 Å². The van der Waals surface area contributed by atoms with Crippen LogP contribution in [0.25, 0.3) is 0 Å². The summed E-state index contributed by atoms with van der Waals surface area (Å²) in [5.41, 5.74) is 7.73. The van der Waals surface area contributed by atoms with Crippen molar-refractivity contribution < 1.29 is 0 Å². The first-order valence-electron chi connectivity index (χ1n) is 6.94. The summed E-state index contributed by atoms with van der Waals surface area (Å²) in [6.45, 7) is 3.35. The second-order valence-corrected chi connectivity index (χ2v) is 6.41. The Morgan fingerprint density at radius 3 is 2.85 bits per heavy atom. The molecule has 2 rings (SSSR count). The molecule has 0 radical (unpaired) electrons. The number of nitrogens with two attached hydrogens (primary N) is 1. The molecule has 20 heavy (non-hydrogen) atoms. The highest BCUT2D eigenvalue weighted by Crippen LogP contribution is 2.30. The van der Waals surface area contributed by atoms with Gasteiger partial charge in [0.2, 0.25) is 0 Å². The van der Waals surface area contributed by atoms with Crippen molar-refractivity contribution in [3.63, 3.8) is 0 Å². The van der Waals surface area contributed by atoms with Gasteiger partial charge in [-0.3, -0.25) is 5.41 Å². The predicted molar refractivity (Wildman–Crippen MR) is 88.1 cm³/mol. The van der Waals surface area contributed by atoms with Crippen LogP contribution in [0, 0.1) is 11.3 Å². The van der Waals surface area contributed by atoms with Crippen LogP contribution in [-0.4, -0.2) is 50.7 Å². The number of nitrogen functional groups attached to an aromatic ring is 1. The molecular formula is C15H24N4S. The van der Waals surface area contributed by atoms with Gasteiger partial charge in [-0.1, -0.05) is 6.07 Å². The third-order valence-corrected chi connectivity index (χ3v) is 4.71. The number of nitrogens with one attached hydrogen (secondary N) is 1. The molecule has 1 atom stereocenters. The summed E-state index contributed by atoms with van der Waals surface area (Å²) in [4.78, 5) is 5.70. The van der Waals surface area contributed by atoms with E-state index in [2.05, 4.69) is 30.0 Å². The minimum Gasteiger partial charge on any atom is -0.384 e. The van der Waals surface area contributed by atoms with Gasteiger partial charge in [0.05, 0.1) is 5.56 Å². The van der Waals surface area contributed by atoms with Crippen molar-refractivity contribution in [2.75, 3.05) is 44.9 Å². The zero-order chi connectivity index (χ0) is 14.7. The summed E-state index contributed by atoms with van der Waals surface area (Å²) in [5.74, 6) is 0.850. The molecule has 0 saturated carbocycles. The van der Waals surface area contributed by atoms with Gasteiger partial charge < -0.3 is 15.5 Å². The molecule has 1 saturated heterocycles. The zero-order valence-corrected chi connectivity index (χ0v) is 13.3. The van der Waals surface area contributed by atoms with Gasteiger partial charge in [-0.2, -0.15) is 0 Å². The molecule has 0 spiro atoms. The number of hydrogen-bond acceptors (Lipinski definition) is 4. The number of likely N-dealkylation sites (tertiary alicyclic amines) is 1. The Hall–Kier alpha value is -1.20. The molecule has 1 aliphatic heterocycles. The van der Waals surface area contributed by atoms with Crippen molar-refractivity contribution in [1.29, 1.82) is 5.41 Å². The van der Waals surface area contributed by atoms with Crippen LogP contribution in [0.3, 0.4) is 0 Å². The number of rotatable bonds is 5. The molecule has 110 valence electrons. The summed E-state index contributed by atoms with van der Waals surface area (Å²) in [5, 5.41) is 7.86. The summed E-state index contributed by atoms with van der Waals surface area (Å²) >= 11 is 1.64. The van der Waals surface area contributed by atoms with Crippen LogP contribution in [0.2, 0.25) is 0 Å². The first-order chi connectivity index (χ1) is 9.52. The van der Waals surface area contributed by atoms with Crippen LogP contribution in [0.5, 0.6) is 0 Å². The quantitative estimate of drug-likeness (QED) is 0.496. The Morgan fingerprint density at radius 1 is 1.55 bits per heavy atom. The van der Waals surface area contributed by atoms with Crippen LogP contribution < -0.4 is 10.6 Å². The number of anilines is 1. The van der Waals surface area contributed by atoms with Crippen molar-refractivity contribution in [2.24, 2.45) is 11.7 Å². The van der Waals surface area contributed by atoms with Crippen LogP contribution in [0.15, 0.2) is 23.1 Å². The Morgan fingerprint density at radius 2 is 2.30 bits per heavy atom. The van der Waals surface area contributed by atoms with Crippen LogP contribution >= 0.6 is 11.8 Å². The van der Waals surface area contributed by atoms with E-state index in [9.17, 15) is 0 Å². The van der Waals surface area contributed by atoms with Crippen molar-refractivity contribution >= 4 is 23.3 Å². The molecule has 1 aromatic carbocycles. The highest BCUT2D eigenvalue weighted by atomic mass is 32.2. The number of hydrogen-bond donors (Lipinski definition) is 2. The third-order valence-electron chi connectivity index (χ3n) is 3.93. The average molecular weight is 292 g/mol. The minimum absolute atomic E-state index is 0.153. The zero-order valence-electron chi connectivity index (χ0n) is 12.5. The third kappa shape index (κ3) is 3.27. The highest BCUT2D eigenvalue weighted by Gasteiger charge is 2.22. The fourth-order valence-corrected chi connectivity index (χ4v) is 3.57. The second-order valence-electron chi connectivity index (χ2n) is 5.57. The number of amidine groups is 1. The molecule has 1 heterocycles. The fourth-order valence-electron chi connectivity index (χ4n) is 2.94. The van der Waals surface area contributed by atoms with Crippen molar-refractivity contribution in [1.82, 2.24) is 4.90 Å². The first-order valence-corrected chi connectivity index (χ1v) is 8.16. The van der Waals surface area contributed by atoms with E-state index in [1.165, 1.54) is 13.0 Å². The minimum atomic E-state index is 0.153. The van der Waals surface area contributed by atoms with Crippen molar-refractivity contribution in [3.05, 3.63) is 23.8 Å². The topological polar surface area (TPSA) is 56.4 Å². The molecular weight excluding hydrogens is 268 g/mol. The van der Waals surface area contributed by atoms with Gasteiger partial charge in [0.1, 0.15) is 5.84 Å². The van der Waals surface area contributed by atoms with E-state index in [4.69, 9.17) is 11.1 Å². The van der Waals surface area contributed by atoms with E-state index in [0.29, 0.717) is 5.92 Å². The van der Waals surface area contributed by atoms with Gasteiger partial charge in [0.25, 0.3) is 0 Å². The Balaban J connectivity index is 2.20. The molecule has 1 aromatic rings. The molecule has 4 nitrogen and oxygen atoms in total. The van der Waals surface area contributed by atoms with Crippen LogP contribution in [0.1, 0.15) is 12.0 Å². The summed E-state index contributed by atoms with van der Waals surface area (Å²) in [7, 11) is 4.28. The lowest BCUT2D eigenvalue weighted by molar-refractivity contribution is 0.396. The lowest BCUT2D eigenvalue weighted by Crippen LogP contribution is -2.29. The van der Waals surface area contributed by atoms with E-state index < -0.39 is 0 Å². The summed E-state index contributed by atoms with van der Waals surface area (Å²) in [6.07, 6.45) is 3.27. The molecule has 1 fully saturated rings. The van der Waals surface area contributed by atoms with E-state index in [1.807, 2.05) is 18.4 Å². The fraction of sp³-hybridized carbons (Fsp3) is 0.533. The molecule has 5 heteroatoms. The highest BCUT2D eigenvalue weighted by molar-refractivity contribution is 7.98. The van der Waals surface area contributed by atoms with Gasteiger partial charge in [-0.15, -0.1) is 11.8 Å². The molecule has 3 N–H and O–H groups in total. The van der Waals surface area contributed by atoms with Gasteiger partial charge >= 0.3 is 0 Å². The molecule has 0 aromatic heterocycles. The lowest BCUT2D eigenvalue weighted by Gasteiger charge is -2.26. The maximum atomic E-state index is 7.86. The Bertz CT molecular complexity index is 489. The molecule has 0 bridgehead atoms. The number of benzene rings is 1. The van der Waals surface area contributed by atoms with Gasteiger partial charge in [-0.05, 0) is 44.3 Å². The predicted octanol–water partition coefficient (Wildman–Crippen LogP) is 2.08. The molecule has 1 unspecified atom stereocenters. The monoisotopic (exact) mass is 292 g/mol. The summed E-state index contributed by atoms with van der Waals surface area (Å²) in [6, 6.07) is 6.14. The molecule has 0 amide bonds.